The lowest BCUT2D eigenvalue weighted by atomic mass is 10.1. The highest BCUT2D eigenvalue weighted by Gasteiger charge is 2.17. The summed E-state index contributed by atoms with van der Waals surface area (Å²) in [5.41, 5.74) is 1.03. The largest absolute Gasteiger partial charge is 0.143 e. The molecule has 0 amide bonds. The first kappa shape index (κ1) is 13.9. The van der Waals surface area contributed by atoms with Gasteiger partial charge < -0.3 is 0 Å². The normalized spacial score (nSPS) is 12.8. The van der Waals surface area contributed by atoms with Gasteiger partial charge in [0.25, 0.3) is 0 Å². The number of thiophene rings is 1. The third kappa shape index (κ3) is 3.07. The van der Waals surface area contributed by atoms with Crippen molar-refractivity contribution in [3.05, 3.63) is 54.1 Å². The fourth-order valence-corrected chi connectivity index (χ4v) is 4.49. The molecule has 0 N–H and O–H groups in total. The van der Waals surface area contributed by atoms with Crippen LogP contribution in [0.1, 0.15) is 20.1 Å². The Morgan fingerprint density at radius 2 is 1.94 bits per heavy atom. The van der Waals surface area contributed by atoms with Crippen LogP contribution in [0.3, 0.4) is 0 Å². The van der Waals surface area contributed by atoms with Gasteiger partial charge in [-0.3, -0.25) is 0 Å². The minimum atomic E-state index is 0.0993. The molecule has 0 nitrogen and oxygen atoms in total. The minimum absolute atomic E-state index is 0.0993. The van der Waals surface area contributed by atoms with E-state index in [2.05, 4.69) is 44.8 Å². The van der Waals surface area contributed by atoms with Gasteiger partial charge in [0.15, 0.2) is 0 Å². The van der Waals surface area contributed by atoms with Crippen molar-refractivity contribution in [1.29, 1.82) is 0 Å². The van der Waals surface area contributed by atoms with Crippen LogP contribution in [0.4, 0.5) is 0 Å². The Balaban J connectivity index is 2.39. The maximum atomic E-state index is 6.20. The molecule has 0 saturated heterocycles. The van der Waals surface area contributed by atoms with Crippen molar-refractivity contribution in [3.63, 3.8) is 0 Å². The predicted molar refractivity (Wildman–Crippen MR) is 84.0 cm³/mol. The molecule has 1 aromatic heterocycles. The Bertz CT molecular complexity index is 532. The van der Waals surface area contributed by atoms with Crippen molar-refractivity contribution in [3.8, 4) is 0 Å². The van der Waals surface area contributed by atoms with Gasteiger partial charge in [0, 0.05) is 24.3 Å². The van der Waals surface area contributed by atoms with Crippen LogP contribution < -0.4 is 0 Å². The number of alkyl halides is 1. The SMILES string of the molecule is Cc1sc(C(Br)c2ccc(Cl)cc2Cl)cc1Br. The van der Waals surface area contributed by atoms with E-state index in [-0.39, 0.29) is 4.83 Å². The lowest BCUT2D eigenvalue weighted by Gasteiger charge is -2.10. The number of hydrogen-bond donors (Lipinski definition) is 0. The topological polar surface area (TPSA) is 0 Å². The molecule has 5 heteroatoms. The van der Waals surface area contributed by atoms with Gasteiger partial charge in [0.1, 0.15) is 0 Å². The molecular weight excluding hydrogens is 407 g/mol. The maximum absolute atomic E-state index is 6.20. The summed E-state index contributed by atoms with van der Waals surface area (Å²) in [7, 11) is 0. The van der Waals surface area contributed by atoms with E-state index in [0.29, 0.717) is 10.0 Å². The van der Waals surface area contributed by atoms with Crippen molar-refractivity contribution < 1.29 is 0 Å². The Morgan fingerprint density at radius 3 is 2.47 bits per heavy atom. The highest BCUT2D eigenvalue weighted by atomic mass is 79.9. The van der Waals surface area contributed by atoms with E-state index in [9.17, 15) is 0 Å². The first-order valence-corrected chi connectivity index (χ1v) is 8.12. The molecule has 1 heterocycles. The second-order valence-electron chi connectivity index (χ2n) is 3.58. The van der Waals surface area contributed by atoms with Crippen LogP contribution in [0.25, 0.3) is 0 Å². The van der Waals surface area contributed by atoms with Crippen LogP contribution in [0.5, 0.6) is 0 Å². The molecule has 0 aliphatic heterocycles. The first-order valence-electron chi connectivity index (χ1n) is 4.84. The Kier molecular flexibility index (Phi) is 4.59. The molecular formula is C12H8Br2Cl2S. The molecule has 1 aromatic carbocycles. The van der Waals surface area contributed by atoms with Gasteiger partial charge >= 0.3 is 0 Å². The molecule has 0 spiro atoms. The van der Waals surface area contributed by atoms with Gasteiger partial charge in [-0.25, -0.2) is 0 Å². The third-order valence-corrected chi connectivity index (χ3v) is 6.42. The van der Waals surface area contributed by atoms with Crippen molar-refractivity contribution in [2.45, 2.75) is 11.8 Å². The Labute approximate surface area is 131 Å². The van der Waals surface area contributed by atoms with E-state index in [1.807, 2.05) is 12.1 Å². The van der Waals surface area contributed by atoms with Gasteiger partial charge in [-0.2, -0.15) is 0 Å². The van der Waals surface area contributed by atoms with Crippen molar-refractivity contribution in [1.82, 2.24) is 0 Å². The average Bonchev–Trinajstić information content (AvgIpc) is 2.58. The minimum Gasteiger partial charge on any atom is -0.143 e. The zero-order chi connectivity index (χ0) is 12.6. The van der Waals surface area contributed by atoms with Crippen molar-refractivity contribution in [2.24, 2.45) is 0 Å². The summed E-state index contributed by atoms with van der Waals surface area (Å²) in [6.07, 6.45) is 0. The second kappa shape index (κ2) is 5.62. The number of halogens is 4. The van der Waals surface area contributed by atoms with E-state index in [1.165, 1.54) is 9.75 Å². The summed E-state index contributed by atoms with van der Waals surface area (Å²) in [5, 5.41) is 1.34. The van der Waals surface area contributed by atoms with E-state index in [4.69, 9.17) is 23.2 Å². The van der Waals surface area contributed by atoms with Crippen LogP contribution in [-0.2, 0) is 0 Å². The number of aryl methyl sites for hydroxylation is 1. The average molecular weight is 415 g/mol. The highest BCUT2D eigenvalue weighted by Crippen LogP contribution is 2.41. The van der Waals surface area contributed by atoms with E-state index in [0.717, 1.165) is 10.0 Å². The van der Waals surface area contributed by atoms with Crippen molar-refractivity contribution in [2.75, 3.05) is 0 Å². The fraction of sp³-hybridized carbons (Fsp3) is 0.167. The fourth-order valence-electron chi connectivity index (χ4n) is 1.47. The van der Waals surface area contributed by atoms with Gasteiger partial charge in [-0.15, -0.1) is 11.3 Å². The molecule has 0 radical (unpaired) electrons. The molecule has 1 atom stereocenters. The lowest BCUT2D eigenvalue weighted by molar-refractivity contribution is 1.22. The standard InChI is InChI=1S/C12H8Br2Cl2S/c1-6-9(13)5-11(17-6)12(14)8-3-2-7(15)4-10(8)16/h2-5,12H,1H3. The van der Waals surface area contributed by atoms with E-state index in [1.54, 1.807) is 17.4 Å². The summed E-state index contributed by atoms with van der Waals surface area (Å²) in [4.78, 5) is 2.58. The molecule has 90 valence electrons. The Hall–Kier alpha value is 0.460. The Morgan fingerprint density at radius 1 is 1.24 bits per heavy atom. The predicted octanol–water partition coefficient (Wildman–Crippen LogP) is 6.61. The van der Waals surface area contributed by atoms with Gasteiger partial charge in [0.2, 0.25) is 0 Å². The number of benzene rings is 1. The van der Waals surface area contributed by atoms with E-state index < -0.39 is 0 Å². The molecule has 2 rings (SSSR count). The quantitative estimate of drug-likeness (QED) is 0.485. The van der Waals surface area contributed by atoms with Gasteiger partial charge in [0.05, 0.1) is 4.83 Å². The van der Waals surface area contributed by atoms with Crippen LogP contribution in [-0.4, -0.2) is 0 Å². The highest BCUT2D eigenvalue weighted by molar-refractivity contribution is 9.10. The zero-order valence-corrected chi connectivity index (χ0v) is 14.3. The van der Waals surface area contributed by atoms with Crippen molar-refractivity contribution >= 4 is 66.4 Å². The summed E-state index contributed by atoms with van der Waals surface area (Å²) >= 11 is 21.0. The first-order chi connectivity index (χ1) is 7.99. The smallest absolute Gasteiger partial charge is 0.0752 e. The molecule has 0 aliphatic rings. The van der Waals surface area contributed by atoms with Gasteiger partial charge in [-0.05, 0) is 46.6 Å². The van der Waals surface area contributed by atoms with Gasteiger partial charge in [-0.1, -0.05) is 45.2 Å². The molecule has 0 fully saturated rings. The van der Waals surface area contributed by atoms with Crippen LogP contribution in [0, 0.1) is 6.92 Å². The molecule has 17 heavy (non-hydrogen) atoms. The summed E-state index contributed by atoms with van der Waals surface area (Å²) in [5.74, 6) is 0. The summed E-state index contributed by atoms with van der Waals surface area (Å²) in [6.45, 7) is 2.08. The maximum Gasteiger partial charge on any atom is 0.0752 e. The lowest BCUT2D eigenvalue weighted by Crippen LogP contribution is -1.90. The molecule has 0 bridgehead atoms. The number of hydrogen-bond acceptors (Lipinski definition) is 1. The van der Waals surface area contributed by atoms with Crippen LogP contribution >= 0.6 is 66.4 Å². The monoisotopic (exact) mass is 412 g/mol. The van der Waals surface area contributed by atoms with E-state index >= 15 is 0 Å². The summed E-state index contributed by atoms with van der Waals surface area (Å²) < 4.78 is 1.13. The second-order valence-corrected chi connectivity index (χ2v) is 7.48. The molecule has 2 aromatic rings. The van der Waals surface area contributed by atoms with Crippen LogP contribution in [0.15, 0.2) is 28.7 Å². The molecule has 0 aliphatic carbocycles. The summed E-state index contributed by atoms with van der Waals surface area (Å²) in [6, 6.07) is 7.69. The molecule has 0 saturated carbocycles. The van der Waals surface area contributed by atoms with Crippen LogP contribution in [0.2, 0.25) is 10.0 Å². The number of rotatable bonds is 2. The zero-order valence-electron chi connectivity index (χ0n) is 8.81. The third-order valence-electron chi connectivity index (χ3n) is 2.36. The molecule has 1 unspecified atom stereocenters.